The second-order valence-corrected chi connectivity index (χ2v) is 7.40. The van der Waals surface area contributed by atoms with Gasteiger partial charge in [0.25, 0.3) is 0 Å². The van der Waals surface area contributed by atoms with Crippen LogP contribution in [0.5, 0.6) is 0 Å². The van der Waals surface area contributed by atoms with Crippen LogP contribution in [0.4, 0.5) is 4.39 Å². The second kappa shape index (κ2) is 7.39. The first-order chi connectivity index (χ1) is 12.9. The number of hydrogen-bond donors (Lipinski definition) is 1. The molecule has 0 bridgehead atoms. The fraction of sp³-hybridized carbons (Fsp3) is 0.333. The minimum absolute atomic E-state index is 0.258. The summed E-state index contributed by atoms with van der Waals surface area (Å²) in [6, 6.07) is 8.43. The summed E-state index contributed by atoms with van der Waals surface area (Å²) < 4.78 is 13.2. The SMILES string of the molecule is C=CN=C(c1cc(-c2ccc(F)cc2)[nH]c1C)N1CCN(C=O)C(C)(C)C1. The summed E-state index contributed by atoms with van der Waals surface area (Å²) >= 11 is 0. The van der Waals surface area contributed by atoms with Crippen LogP contribution in [0.15, 0.2) is 48.1 Å². The lowest BCUT2D eigenvalue weighted by atomic mass is 9.98. The number of aryl methyl sites for hydroxylation is 1. The number of aliphatic imine (C=N–C) groups is 1. The van der Waals surface area contributed by atoms with E-state index in [0.29, 0.717) is 19.6 Å². The van der Waals surface area contributed by atoms with E-state index in [1.807, 2.05) is 31.7 Å². The van der Waals surface area contributed by atoms with Crippen molar-refractivity contribution >= 4 is 12.2 Å². The van der Waals surface area contributed by atoms with Crippen LogP contribution in [0.3, 0.4) is 0 Å². The molecule has 0 spiro atoms. The third kappa shape index (κ3) is 3.79. The molecule has 1 N–H and O–H groups in total. The molecule has 6 heteroatoms. The van der Waals surface area contributed by atoms with E-state index in [-0.39, 0.29) is 11.4 Å². The molecule has 1 amide bonds. The van der Waals surface area contributed by atoms with Gasteiger partial charge < -0.3 is 14.8 Å². The van der Waals surface area contributed by atoms with Crippen LogP contribution in [0.2, 0.25) is 0 Å². The number of benzene rings is 1. The molecule has 1 aromatic heterocycles. The van der Waals surface area contributed by atoms with E-state index >= 15 is 0 Å². The van der Waals surface area contributed by atoms with Crippen molar-refractivity contribution in [1.29, 1.82) is 0 Å². The van der Waals surface area contributed by atoms with Gasteiger partial charge in [-0.25, -0.2) is 9.38 Å². The lowest BCUT2D eigenvalue weighted by Gasteiger charge is -2.46. The van der Waals surface area contributed by atoms with E-state index in [9.17, 15) is 9.18 Å². The average molecular weight is 368 g/mol. The summed E-state index contributed by atoms with van der Waals surface area (Å²) in [6.07, 6.45) is 2.45. The lowest BCUT2D eigenvalue weighted by Crippen LogP contribution is -2.60. The van der Waals surface area contributed by atoms with Crippen LogP contribution >= 0.6 is 0 Å². The molecule has 3 rings (SSSR count). The van der Waals surface area contributed by atoms with Crippen LogP contribution in [0.25, 0.3) is 11.3 Å². The monoisotopic (exact) mass is 368 g/mol. The number of carbonyl (C=O) groups is 1. The maximum absolute atomic E-state index is 13.2. The number of amides is 1. The predicted molar refractivity (Wildman–Crippen MR) is 106 cm³/mol. The summed E-state index contributed by atoms with van der Waals surface area (Å²) in [5, 5.41) is 0. The molecule has 142 valence electrons. The minimum atomic E-state index is -0.286. The number of nitrogens with zero attached hydrogens (tertiary/aromatic N) is 3. The number of piperazine rings is 1. The molecule has 0 atom stereocenters. The van der Waals surface area contributed by atoms with Crippen LogP contribution in [-0.2, 0) is 4.79 Å². The fourth-order valence-corrected chi connectivity index (χ4v) is 3.53. The van der Waals surface area contributed by atoms with Crippen LogP contribution in [-0.4, -0.2) is 52.2 Å². The van der Waals surface area contributed by atoms with Crippen molar-refractivity contribution in [2.75, 3.05) is 19.6 Å². The molecule has 0 radical (unpaired) electrons. The number of carbonyl (C=O) groups excluding carboxylic acids is 1. The molecule has 0 saturated carbocycles. The van der Waals surface area contributed by atoms with Gasteiger partial charge in [0.15, 0.2) is 0 Å². The van der Waals surface area contributed by atoms with Crippen molar-refractivity contribution in [1.82, 2.24) is 14.8 Å². The zero-order valence-corrected chi connectivity index (χ0v) is 16.0. The standard InChI is InChI=1S/C21H25FN4O/c1-5-23-20(25-10-11-26(14-27)21(3,4)13-25)18-12-19(24-15(18)2)16-6-8-17(22)9-7-16/h5-9,12,14,24H,1,10-11,13H2,2-4H3. The van der Waals surface area contributed by atoms with Crippen molar-refractivity contribution in [3.05, 3.63) is 60.2 Å². The van der Waals surface area contributed by atoms with E-state index in [1.54, 1.807) is 18.3 Å². The Morgan fingerprint density at radius 2 is 2.00 bits per heavy atom. The van der Waals surface area contributed by atoms with Crippen LogP contribution in [0, 0.1) is 12.7 Å². The number of aromatic nitrogens is 1. The molecule has 1 aliphatic rings. The lowest BCUT2D eigenvalue weighted by molar-refractivity contribution is -0.125. The van der Waals surface area contributed by atoms with Crippen molar-refractivity contribution < 1.29 is 9.18 Å². The molecule has 1 aliphatic heterocycles. The van der Waals surface area contributed by atoms with Gasteiger partial charge in [-0.15, -0.1) is 0 Å². The number of H-pyrrole nitrogens is 1. The largest absolute Gasteiger partial charge is 0.358 e. The predicted octanol–water partition coefficient (Wildman–Crippen LogP) is 3.57. The Labute approximate surface area is 159 Å². The summed E-state index contributed by atoms with van der Waals surface area (Å²) in [5.41, 5.74) is 3.49. The van der Waals surface area contributed by atoms with E-state index in [0.717, 1.165) is 34.8 Å². The highest BCUT2D eigenvalue weighted by molar-refractivity contribution is 6.01. The number of hydrogen-bond acceptors (Lipinski definition) is 2. The van der Waals surface area contributed by atoms with Gasteiger partial charge in [0.2, 0.25) is 6.41 Å². The highest BCUT2D eigenvalue weighted by atomic mass is 19.1. The smallest absolute Gasteiger partial charge is 0.210 e. The summed E-state index contributed by atoms with van der Waals surface area (Å²) in [7, 11) is 0. The highest BCUT2D eigenvalue weighted by Gasteiger charge is 2.34. The molecule has 1 aromatic carbocycles. The van der Waals surface area contributed by atoms with Crippen molar-refractivity contribution in [2.24, 2.45) is 4.99 Å². The van der Waals surface area contributed by atoms with E-state index in [4.69, 9.17) is 0 Å². The Balaban J connectivity index is 1.95. The molecule has 2 aromatic rings. The number of halogens is 1. The van der Waals surface area contributed by atoms with Crippen LogP contribution in [0.1, 0.15) is 25.1 Å². The van der Waals surface area contributed by atoms with Crippen molar-refractivity contribution in [3.63, 3.8) is 0 Å². The first-order valence-electron chi connectivity index (χ1n) is 8.97. The third-order valence-electron chi connectivity index (χ3n) is 5.02. The Bertz CT molecular complexity index is 867. The third-order valence-corrected chi connectivity index (χ3v) is 5.02. The summed E-state index contributed by atoms with van der Waals surface area (Å²) in [6.45, 7) is 11.9. The minimum Gasteiger partial charge on any atom is -0.358 e. The second-order valence-electron chi connectivity index (χ2n) is 7.40. The maximum Gasteiger partial charge on any atom is 0.210 e. The van der Waals surface area contributed by atoms with Gasteiger partial charge in [0.05, 0.1) is 5.54 Å². The maximum atomic E-state index is 13.2. The number of nitrogens with one attached hydrogen (secondary N) is 1. The molecular weight excluding hydrogens is 343 g/mol. The summed E-state index contributed by atoms with van der Waals surface area (Å²) in [5.74, 6) is 0.567. The molecular formula is C21H25FN4O. The van der Waals surface area contributed by atoms with E-state index in [2.05, 4.69) is 21.5 Å². The number of rotatable bonds is 4. The van der Waals surface area contributed by atoms with Gasteiger partial charge >= 0.3 is 0 Å². The topological polar surface area (TPSA) is 51.7 Å². The molecule has 2 heterocycles. The van der Waals surface area contributed by atoms with Crippen molar-refractivity contribution in [3.8, 4) is 11.3 Å². The average Bonchev–Trinajstić information content (AvgIpc) is 3.01. The molecule has 1 saturated heterocycles. The Kier molecular flexibility index (Phi) is 5.17. The summed E-state index contributed by atoms with van der Waals surface area (Å²) in [4.78, 5) is 23.2. The molecule has 0 aliphatic carbocycles. The van der Waals surface area contributed by atoms with Gasteiger partial charge in [-0.1, -0.05) is 6.58 Å². The van der Waals surface area contributed by atoms with E-state index in [1.165, 1.54) is 12.1 Å². The van der Waals surface area contributed by atoms with Crippen molar-refractivity contribution in [2.45, 2.75) is 26.3 Å². The number of aromatic amines is 1. The quantitative estimate of drug-likeness (QED) is 0.510. The molecule has 27 heavy (non-hydrogen) atoms. The fourth-order valence-electron chi connectivity index (χ4n) is 3.53. The normalized spacial score (nSPS) is 17.1. The Morgan fingerprint density at radius 3 is 2.59 bits per heavy atom. The molecule has 5 nitrogen and oxygen atoms in total. The van der Waals surface area contributed by atoms with Gasteiger partial charge in [-0.2, -0.15) is 0 Å². The van der Waals surface area contributed by atoms with Gasteiger partial charge in [0, 0.05) is 42.8 Å². The molecule has 1 fully saturated rings. The van der Waals surface area contributed by atoms with Crippen LogP contribution < -0.4 is 0 Å². The van der Waals surface area contributed by atoms with Gasteiger partial charge in [-0.3, -0.25) is 4.79 Å². The Hall–Kier alpha value is -2.89. The first-order valence-corrected chi connectivity index (χ1v) is 8.97. The van der Waals surface area contributed by atoms with Gasteiger partial charge in [0.1, 0.15) is 11.7 Å². The highest BCUT2D eigenvalue weighted by Crippen LogP contribution is 2.26. The Morgan fingerprint density at radius 1 is 1.30 bits per heavy atom. The molecule has 0 unspecified atom stereocenters. The zero-order valence-electron chi connectivity index (χ0n) is 16.0. The zero-order chi connectivity index (χ0) is 19.6. The van der Waals surface area contributed by atoms with Gasteiger partial charge in [-0.05, 0) is 56.7 Å². The van der Waals surface area contributed by atoms with E-state index < -0.39 is 0 Å². The number of amidine groups is 1. The first kappa shape index (κ1) is 18.9.